The summed E-state index contributed by atoms with van der Waals surface area (Å²) in [7, 11) is 0. The summed E-state index contributed by atoms with van der Waals surface area (Å²) in [4.78, 5) is 22.2. The highest BCUT2D eigenvalue weighted by Gasteiger charge is 2.25. The number of nitrogens with zero attached hydrogens (tertiary/aromatic N) is 1. The first-order valence-corrected chi connectivity index (χ1v) is 7.35. The SMILES string of the molecule is CC(=O)c1cc([N+](=O)[O-])c(OC2CCCCCC2)s1. The largest absolute Gasteiger partial charge is 0.476 e. The molecule has 5 nitrogen and oxygen atoms in total. The second-order valence-corrected chi connectivity index (χ2v) is 5.84. The van der Waals surface area contributed by atoms with E-state index in [0.29, 0.717) is 4.88 Å². The average Bonchev–Trinajstić information content (AvgIpc) is 2.60. The number of carbonyl (C=O) groups is 1. The van der Waals surface area contributed by atoms with Crippen molar-refractivity contribution in [2.45, 2.75) is 51.6 Å². The fourth-order valence-electron chi connectivity index (χ4n) is 2.26. The van der Waals surface area contributed by atoms with Crippen LogP contribution >= 0.6 is 11.3 Å². The van der Waals surface area contributed by atoms with Crippen LogP contribution in [-0.4, -0.2) is 16.8 Å². The Kier molecular flexibility index (Phi) is 4.52. The number of Topliss-reactive ketones (excluding diaryl/α,β-unsaturated/α-hetero) is 1. The molecule has 104 valence electrons. The highest BCUT2D eigenvalue weighted by atomic mass is 32.1. The van der Waals surface area contributed by atoms with Crippen LogP contribution in [0.15, 0.2) is 6.07 Å². The van der Waals surface area contributed by atoms with Gasteiger partial charge in [-0.15, -0.1) is 0 Å². The Labute approximate surface area is 115 Å². The van der Waals surface area contributed by atoms with Crippen molar-refractivity contribution < 1.29 is 14.5 Å². The minimum atomic E-state index is -0.477. The van der Waals surface area contributed by atoms with Crippen LogP contribution in [0.4, 0.5) is 5.69 Å². The number of rotatable bonds is 4. The second kappa shape index (κ2) is 6.14. The number of nitro groups is 1. The van der Waals surface area contributed by atoms with E-state index < -0.39 is 4.92 Å². The van der Waals surface area contributed by atoms with Gasteiger partial charge in [-0.25, -0.2) is 0 Å². The molecule has 0 amide bonds. The van der Waals surface area contributed by atoms with Crippen LogP contribution in [0, 0.1) is 10.1 Å². The van der Waals surface area contributed by atoms with Gasteiger partial charge in [0.15, 0.2) is 5.78 Å². The fraction of sp³-hybridized carbons (Fsp3) is 0.615. The highest BCUT2D eigenvalue weighted by molar-refractivity contribution is 7.16. The standard InChI is InChI=1S/C13H17NO4S/c1-9(15)12-8-11(14(16)17)13(19-12)18-10-6-4-2-3-5-7-10/h8,10H,2-7H2,1H3. The Morgan fingerprint density at radius 3 is 2.53 bits per heavy atom. The molecule has 1 aromatic rings. The molecule has 0 atom stereocenters. The van der Waals surface area contributed by atoms with Gasteiger partial charge in [0.2, 0.25) is 0 Å². The summed E-state index contributed by atoms with van der Waals surface area (Å²) in [6.07, 6.45) is 6.51. The third kappa shape index (κ3) is 3.53. The van der Waals surface area contributed by atoms with Gasteiger partial charge in [0.1, 0.15) is 0 Å². The van der Waals surface area contributed by atoms with Gasteiger partial charge in [-0.1, -0.05) is 24.2 Å². The molecule has 0 N–H and O–H groups in total. The Morgan fingerprint density at radius 2 is 2.00 bits per heavy atom. The molecular formula is C13H17NO4S. The highest BCUT2D eigenvalue weighted by Crippen LogP contribution is 2.39. The minimum absolute atomic E-state index is 0.0414. The van der Waals surface area contributed by atoms with Gasteiger partial charge in [0.05, 0.1) is 15.9 Å². The molecule has 1 aliphatic carbocycles. The third-order valence-electron chi connectivity index (χ3n) is 3.30. The normalized spacial score (nSPS) is 16.9. The number of hydrogen-bond donors (Lipinski definition) is 0. The van der Waals surface area contributed by atoms with Crippen LogP contribution in [0.25, 0.3) is 0 Å². The van der Waals surface area contributed by atoms with Crippen LogP contribution in [0.3, 0.4) is 0 Å². The molecule has 19 heavy (non-hydrogen) atoms. The monoisotopic (exact) mass is 283 g/mol. The van der Waals surface area contributed by atoms with Crippen LogP contribution in [-0.2, 0) is 0 Å². The summed E-state index contributed by atoms with van der Waals surface area (Å²) in [5.41, 5.74) is -0.0838. The molecule has 0 aromatic carbocycles. The fourth-order valence-corrected chi connectivity index (χ4v) is 3.20. The molecule has 0 saturated heterocycles. The maximum atomic E-state index is 11.3. The number of ketones is 1. The lowest BCUT2D eigenvalue weighted by molar-refractivity contribution is -0.385. The van der Waals surface area contributed by atoms with Gasteiger partial charge in [0, 0.05) is 6.07 Å². The Hall–Kier alpha value is -1.43. The second-order valence-electron chi connectivity index (χ2n) is 4.83. The average molecular weight is 283 g/mol. The quantitative estimate of drug-likeness (QED) is 0.363. The smallest absolute Gasteiger partial charge is 0.323 e. The summed E-state index contributed by atoms with van der Waals surface area (Å²) in [5, 5.41) is 11.3. The molecule has 2 rings (SSSR count). The van der Waals surface area contributed by atoms with E-state index >= 15 is 0 Å². The maximum absolute atomic E-state index is 11.3. The molecule has 6 heteroatoms. The third-order valence-corrected chi connectivity index (χ3v) is 4.42. The molecule has 0 radical (unpaired) electrons. The van der Waals surface area contributed by atoms with Crippen molar-refractivity contribution >= 4 is 22.8 Å². The van der Waals surface area contributed by atoms with Crippen molar-refractivity contribution in [2.24, 2.45) is 0 Å². The summed E-state index contributed by atoms with van der Waals surface area (Å²) < 4.78 is 5.78. The minimum Gasteiger partial charge on any atom is -0.476 e. The lowest BCUT2D eigenvalue weighted by Gasteiger charge is -2.14. The zero-order chi connectivity index (χ0) is 13.8. The summed E-state index contributed by atoms with van der Waals surface area (Å²) in [6, 6.07) is 1.32. The molecule has 1 saturated carbocycles. The topological polar surface area (TPSA) is 69.4 Å². The van der Waals surface area contributed by atoms with Crippen LogP contribution in [0.2, 0.25) is 0 Å². The van der Waals surface area contributed by atoms with Crippen LogP contribution in [0.1, 0.15) is 55.1 Å². The van der Waals surface area contributed by atoms with Crippen LogP contribution in [0.5, 0.6) is 5.06 Å². The molecule has 0 bridgehead atoms. The van der Waals surface area contributed by atoms with E-state index in [1.807, 2.05) is 0 Å². The van der Waals surface area contributed by atoms with E-state index in [0.717, 1.165) is 37.0 Å². The number of carbonyl (C=O) groups excluding carboxylic acids is 1. The molecule has 0 aliphatic heterocycles. The van der Waals surface area contributed by atoms with Crippen molar-refractivity contribution in [1.82, 2.24) is 0 Å². The van der Waals surface area contributed by atoms with Gasteiger partial charge >= 0.3 is 5.69 Å². The lowest BCUT2D eigenvalue weighted by Crippen LogP contribution is -2.14. The first-order chi connectivity index (χ1) is 9.08. The molecule has 0 unspecified atom stereocenters. The van der Waals surface area contributed by atoms with Crippen LogP contribution < -0.4 is 4.74 Å². The van der Waals surface area contributed by atoms with Gasteiger partial charge < -0.3 is 4.74 Å². The molecule has 1 heterocycles. The zero-order valence-electron chi connectivity index (χ0n) is 10.9. The zero-order valence-corrected chi connectivity index (χ0v) is 11.7. The van der Waals surface area contributed by atoms with Crippen molar-refractivity contribution in [1.29, 1.82) is 0 Å². The first kappa shape index (κ1) is 14.0. The van der Waals surface area contributed by atoms with E-state index in [1.165, 1.54) is 25.8 Å². The summed E-state index contributed by atoms with van der Waals surface area (Å²) in [6.45, 7) is 1.41. The number of hydrogen-bond acceptors (Lipinski definition) is 5. The molecule has 1 fully saturated rings. The molecular weight excluding hydrogens is 266 g/mol. The molecule has 0 spiro atoms. The molecule has 1 aliphatic rings. The van der Waals surface area contributed by atoms with Gasteiger partial charge in [-0.3, -0.25) is 14.9 Å². The predicted octanol–water partition coefficient (Wildman–Crippen LogP) is 3.96. The van der Waals surface area contributed by atoms with Crippen molar-refractivity contribution in [2.75, 3.05) is 0 Å². The van der Waals surface area contributed by atoms with E-state index in [4.69, 9.17) is 4.74 Å². The number of thiophene rings is 1. The Balaban J connectivity index is 2.17. The molecule has 1 aromatic heterocycles. The summed E-state index contributed by atoms with van der Waals surface area (Å²) >= 11 is 1.08. The van der Waals surface area contributed by atoms with E-state index in [-0.39, 0.29) is 22.6 Å². The number of ether oxygens (including phenoxy) is 1. The van der Waals surface area contributed by atoms with E-state index in [1.54, 1.807) is 0 Å². The van der Waals surface area contributed by atoms with Gasteiger partial charge in [-0.2, -0.15) is 0 Å². The van der Waals surface area contributed by atoms with Gasteiger partial charge in [0.25, 0.3) is 5.06 Å². The summed E-state index contributed by atoms with van der Waals surface area (Å²) in [5.74, 6) is -0.163. The van der Waals surface area contributed by atoms with Crippen molar-refractivity contribution in [3.63, 3.8) is 0 Å². The lowest BCUT2D eigenvalue weighted by atomic mass is 10.1. The first-order valence-electron chi connectivity index (χ1n) is 6.53. The predicted molar refractivity (Wildman–Crippen MR) is 73.1 cm³/mol. The van der Waals surface area contributed by atoms with E-state index in [2.05, 4.69) is 0 Å². The Bertz CT molecular complexity index is 475. The van der Waals surface area contributed by atoms with Crippen molar-refractivity contribution in [3.05, 3.63) is 21.1 Å². The maximum Gasteiger partial charge on any atom is 0.323 e. The van der Waals surface area contributed by atoms with E-state index in [9.17, 15) is 14.9 Å². The van der Waals surface area contributed by atoms with Crippen molar-refractivity contribution in [3.8, 4) is 5.06 Å². The Morgan fingerprint density at radius 1 is 1.37 bits per heavy atom. The van der Waals surface area contributed by atoms with Gasteiger partial charge in [-0.05, 0) is 32.6 Å².